The Hall–Kier alpha value is -0.930. The summed E-state index contributed by atoms with van der Waals surface area (Å²) < 4.78 is 1.23. The van der Waals surface area contributed by atoms with Gasteiger partial charge in [0.1, 0.15) is 0 Å². The number of aliphatic hydroxyl groups is 1. The summed E-state index contributed by atoms with van der Waals surface area (Å²) >= 11 is 1.73. The van der Waals surface area contributed by atoms with Gasteiger partial charge in [-0.05, 0) is 30.9 Å². The molecule has 0 spiro atoms. The molecule has 2 aromatic rings. The van der Waals surface area contributed by atoms with Gasteiger partial charge >= 0.3 is 0 Å². The van der Waals surface area contributed by atoms with Gasteiger partial charge in [0.15, 0.2) is 0 Å². The summed E-state index contributed by atoms with van der Waals surface area (Å²) in [5.74, 6) is 0.474. The third-order valence-corrected chi connectivity index (χ3v) is 5.47. The standard InChI is InChI=1S/C17H23NOS/c19-15(13-8-4-2-1-3-5-9-13)12-17-18-14-10-6-7-11-16(14)20-17/h6-7,10-11,13,15,19H,1-5,8-9,12H2. The second-order valence-electron chi connectivity index (χ2n) is 5.95. The van der Waals surface area contributed by atoms with Crippen LogP contribution in [0.25, 0.3) is 10.2 Å². The number of hydrogen-bond donors (Lipinski definition) is 1. The molecule has 0 radical (unpaired) electrons. The fraction of sp³-hybridized carbons (Fsp3) is 0.588. The molecule has 0 saturated heterocycles. The van der Waals surface area contributed by atoms with Crippen molar-refractivity contribution in [2.75, 3.05) is 0 Å². The molecule has 1 unspecified atom stereocenters. The van der Waals surface area contributed by atoms with Crippen LogP contribution in [0, 0.1) is 5.92 Å². The van der Waals surface area contributed by atoms with Crippen molar-refractivity contribution in [2.45, 2.75) is 57.5 Å². The smallest absolute Gasteiger partial charge is 0.0964 e. The van der Waals surface area contributed by atoms with Crippen molar-refractivity contribution < 1.29 is 5.11 Å². The molecule has 20 heavy (non-hydrogen) atoms. The van der Waals surface area contributed by atoms with Crippen molar-refractivity contribution in [1.82, 2.24) is 4.98 Å². The number of nitrogens with zero attached hydrogens (tertiary/aromatic N) is 1. The normalized spacial score (nSPS) is 19.6. The highest BCUT2D eigenvalue weighted by atomic mass is 32.1. The molecular weight excluding hydrogens is 266 g/mol. The Bertz CT molecular complexity index is 510. The van der Waals surface area contributed by atoms with E-state index in [-0.39, 0.29) is 6.10 Å². The molecule has 1 atom stereocenters. The molecule has 0 amide bonds. The fourth-order valence-electron chi connectivity index (χ4n) is 3.23. The van der Waals surface area contributed by atoms with Gasteiger partial charge in [-0.2, -0.15) is 0 Å². The van der Waals surface area contributed by atoms with Crippen molar-refractivity contribution in [3.63, 3.8) is 0 Å². The topological polar surface area (TPSA) is 33.1 Å². The summed E-state index contributed by atoms with van der Waals surface area (Å²) in [6.07, 6.45) is 9.49. The summed E-state index contributed by atoms with van der Waals surface area (Å²) in [6.45, 7) is 0. The van der Waals surface area contributed by atoms with E-state index in [9.17, 15) is 5.11 Å². The van der Waals surface area contributed by atoms with Gasteiger partial charge in [-0.15, -0.1) is 11.3 Å². The molecule has 1 aliphatic rings. The number of rotatable bonds is 3. The third kappa shape index (κ3) is 3.39. The van der Waals surface area contributed by atoms with Crippen LogP contribution >= 0.6 is 11.3 Å². The van der Waals surface area contributed by atoms with Gasteiger partial charge in [-0.1, -0.05) is 44.2 Å². The molecule has 108 valence electrons. The SMILES string of the molecule is OC(Cc1nc2ccccc2s1)C1CCCCCCC1. The molecule has 1 N–H and O–H groups in total. The van der Waals surface area contributed by atoms with E-state index in [4.69, 9.17) is 0 Å². The Morgan fingerprint density at radius 2 is 1.80 bits per heavy atom. The zero-order chi connectivity index (χ0) is 13.8. The zero-order valence-electron chi connectivity index (χ0n) is 11.9. The highest BCUT2D eigenvalue weighted by Gasteiger charge is 2.21. The number of aromatic nitrogens is 1. The zero-order valence-corrected chi connectivity index (χ0v) is 12.7. The van der Waals surface area contributed by atoms with Gasteiger partial charge in [0.05, 0.1) is 21.3 Å². The molecule has 2 nitrogen and oxygen atoms in total. The lowest BCUT2D eigenvalue weighted by Gasteiger charge is -2.24. The van der Waals surface area contributed by atoms with Crippen LogP contribution in [0.15, 0.2) is 24.3 Å². The minimum Gasteiger partial charge on any atom is -0.392 e. The highest BCUT2D eigenvalue weighted by Crippen LogP contribution is 2.28. The quantitative estimate of drug-likeness (QED) is 0.898. The van der Waals surface area contributed by atoms with Gasteiger partial charge in [0, 0.05) is 6.42 Å². The molecule has 1 aromatic carbocycles. The van der Waals surface area contributed by atoms with Crippen LogP contribution in [0.1, 0.15) is 50.0 Å². The summed E-state index contributed by atoms with van der Waals surface area (Å²) in [4.78, 5) is 4.65. The molecule has 1 aliphatic carbocycles. The first-order valence-corrected chi connectivity index (χ1v) is 8.67. The minimum atomic E-state index is -0.214. The van der Waals surface area contributed by atoms with Crippen LogP contribution < -0.4 is 0 Å². The largest absolute Gasteiger partial charge is 0.392 e. The predicted octanol–water partition coefficient (Wildman–Crippen LogP) is 4.56. The minimum absolute atomic E-state index is 0.214. The summed E-state index contributed by atoms with van der Waals surface area (Å²) in [5.41, 5.74) is 1.07. The average Bonchev–Trinajstić information content (AvgIpc) is 2.80. The van der Waals surface area contributed by atoms with Crippen molar-refractivity contribution in [3.8, 4) is 0 Å². The van der Waals surface area contributed by atoms with Crippen LogP contribution in [0.5, 0.6) is 0 Å². The van der Waals surface area contributed by atoms with Crippen LogP contribution in [-0.2, 0) is 6.42 Å². The van der Waals surface area contributed by atoms with Gasteiger partial charge in [-0.25, -0.2) is 4.98 Å². The molecular formula is C17H23NOS. The van der Waals surface area contributed by atoms with E-state index in [0.29, 0.717) is 5.92 Å². The van der Waals surface area contributed by atoms with E-state index < -0.39 is 0 Å². The second kappa shape index (κ2) is 6.68. The maximum Gasteiger partial charge on any atom is 0.0964 e. The molecule has 1 aromatic heterocycles. The fourth-order valence-corrected chi connectivity index (χ4v) is 4.24. The number of fused-ring (bicyclic) bond motifs is 1. The number of thiazole rings is 1. The van der Waals surface area contributed by atoms with Gasteiger partial charge in [0.2, 0.25) is 0 Å². The average molecular weight is 289 g/mol. The number of aliphatic hydroxyl groups excluding tert-OH is 1. The van der Waals surface area contributed by atoms with E-state index in [1.807, 2.05) is 6.07 Å². The maximum atomic E-state index is 10.5. The van der Waals surface area contributed by atoms with Crippen molar-refractivity contribution in [2.24, 2.45) is 5.92 Å². The molecule has 1 saturated carbocycles. The lowest BCUT2D eigenvalue weighted by Crippen LogP contribution is -2.23. The van der Waals surface area contributed by atoms with Gasteiger partial charge in [0.25, 0.3) is 0 Å². The van der Waals surface area contributed by atoms with Crippen molar-refractivity contribution in [1.29, 1.82) is 0 Å². The lowest BCUT2D eigenvalue weighted by atomic mass is 9.86. The molecule has 0 bridgehead atoms. The van der Waals surface area contributed by atoms with Crippen LogP contribution in [0.2, 0.25) is 0 Å². The van der Waals surface area contributed by atoms with E-state index in [0.717, 1.165) is 16.9 Å². The van der Waals surface area contributed by atoms with E-state index in [1.165, 1.54) is 49.6 Å². The molecule has 3 heteroatoms. The van der Waals surface area contributed by atoms with E-state index in [2.05, 4.69) is 23.2 Å². The Morgan fingerprint density at radius 1 is 1.10 bits per heavy atom. The first kappa shape index (κ1) is 14.0. The number of hydrogen-bond acceptors (Lipinski definition) is 3. The summed E-state index contributed by atoms with van der Waals surface area (Å²) in [5, 5.41) is 11.6. The van der Waals surface area contributed by atoms with Crippen LogP contribution in [0.3, 0.4) is 0 Å². The number of benzene rings is 1. The highest BCUT2D eigenvalue weighted by molar-refractivity contribution is 7.18. The molecule has 3 rings (SSSR count). The Morgan fingerprint density at radius 3 is 2.55 bits per heavy atom. The van der Waals surface area contributed by atoms with Crippen molar-refractivity contribution in [3.05, 3.63) is 29.3 Å². The van der Waals surface area contributed by atoms with E-state index >= 15 is 0 Å². The second-order valence-corrected chi connectivity index (χ2v) is 7.07. The summed E-state index contributed by atoms with van der Waals surface area (Å²) in [7, 11) is 0. The lowest BCUT2D eigenvalue weighted by molar-refractivity contribution is 0.0913. The third-order valence-electron chi connectivity index (χ3n) is 4.42. The molecule has 1 fully saturated rings. The Kier molecular flexibility index (Phi) is 4.69. The van der Waals surface area contributed by atoms with Gasteiger partial charge in [-0.3, -0.25) is 0 Å². The first-order valence-electron chi connectivity index (χ1n) is 7.85. The maximum absolute atomic E-state index is 10.5. The molecule has 0 aliphatic heterocycles. The molecule has 1 heterocycles. The predicted molar refractivity (Wildman–Crippen MR) is 85.1 cm³/mol. The summed E-state index contributed by atoms with van der Waals surface area (Å²) in [6, 6.07) is 8.24. The van der Waals surface area contributed by atoms with Crippen LogP contribution in [-0.4, -0.2) is 16.2 Å². The number of para-hydroxylation sites is 1. The first-order chi connectivity index (χ1) is 9.83. The van der Waals surface area contributed by atoms with E-state index in [1.54, 1.807) is 11.3 Å². The van der Waals surface area contributed by atoms with Crippen molar-refractivity contribution >= 4 is 21.6 Å². The van der Waals surface area contributed by atoms with Gasteiger partial charge < -0.3 is 5.11 Å². The Labute approximate surface area is 124 Å². The Balaban J connectivity index is 1.66. The monoisotopic (exact) mass is 289 g/mol. The van der Waals surface area contributed by atoms with Crippen LogP contribution in [0.4, 0.5) is 0 Å².